The van der Waals surface area contributed by atoms with E-state index in [1.54, 1.807) is 0 Å². The second-order valence-electron chi connectivity index (χ2n) is 10.9. The van der Waals surface area contributed by atoms with Crippen LogP contribution < -0.4 is 0 Å². The van der Waals surface area contributed by atoms with Crippen molar-refractivity contribution in [1.29, 1.82) is 5.26 Å². The maximum atomic E-state index is 10.1. The SMILES string of the molecule is CCCCCC1CCC(C#N)(C2CCC(C3CCC(CCC)CC3)CC2)CC1. The summed E-state index contributed by atoms with van der Waals surface area (Å²) in [5, 5.41) is 10.1. The van der Waals surface area contributed by atoms with Crippen molar-refractivity contribution >= 4 is 0 Å². The molecule has 0 bridgehead atoms. The van der Waals surface area contributed by atoms with Crippen molar-refractivity contribution in [2.75, 3.05) is 0 Å². The minimum atomic E-state index is 0.0466. The summed E-state index contributed by atoms with van der Waals surface area (Å²) in [5.41, 5.74) is 0.0466. The molecule has 0 amide bonds. The quantitative estimate of drug-likeness (QED) is 0.383. The number of hydrogen-bond acceptors (Lipinski definition) is 1. The fourth-order valence-electron chi connectivity index (χ4n) is 7.28. The van der Waals surface area contributed by atoms with Crippen molar-refractivity contribution in [3.05, 3.63) is 0 Å². The molecule has 160 valence electrons. The fourth-order valence-corrected chi connectivity index (χ4v) is 7.28. The molecule has 0 saturated heterocycles. The third-order valence-electron chi connectivity index (χ3n) is 9.24. The van der Waals surface area contributed by atoms with Crippen LogP contribution in [0.2, 0.25) is 0 Å². The van der Waals surface area contributed by atoms with Crippen LogP contribution in [0, 0.1) is 46.3 Å². The molecule has 3 fully saturated rings. The monoisotopic (exact) mass is 385 g/mol. The van der Waals surface area contributed by atoms with E-state index in [4.69, 9.17) is 0 Å². The van der Waals surface area contributed by atoms with E-state index < -0.39 is 0 Å². The number of rotatable bonds is 8. The summed E-state index contributed by atoms with van der Waals surface area (Å²) in [4.78, 5) is 0. The van der Waals surface area contributed by atoms with Crippen molar-refractivity contribution in [2.24, 2.45) is 35.0 Å². The maximum absolute atomic E-state index is 10.1. The van der Waals surface area contributed by atoms with Crippen LogP contribution in [0.1, 0.15) is 129 Å². The van der Waals surface area contributed by atoms with Gasteiger partial charge in [0, 0.05) is 0 Å². The zero-order valence-corrected chi connectivity index (χ0v) is 19.1. The molecule has 0 radical (unpaired) electrons. The van der Waals surface area contributed by atoms with Gasteiger partial charge in [0.2, 0.25) is 0 Å². The van der Waals surface area contributed by atoms with Crippen LogP contribution in [0.5, 0.6) is 0 Å². The van der Waals surface area contributed by atoms with Crippen LogP contribution in [0.3, 0.4) is 0 Å². The normalized spacial score (nSPS) is 39.4. The number of nitrogens with zero attached hydrogens (tertiary/aromatic N) is 1. The first-order valence-corrected chi connectivity index (χ1v) is 13.1. The van der Waals surface area contributed by atoms with Crippen molar-refractivity contribution in [3.63, 3.8) is 0 Å². The highest BCUT2D eigenvalue weighted by atomic mass is 14.5. The molecule has 1 nitrogen and oxygen atoms in total. The largest absolute Gasteiger partial charge is 0.198 e. The van der Waals surface area contributed by atoms with Crippen LogP contribution in [-0.2, 0) is 0 Å². The Hall–Kier alpha value is -0.510. The molecule has 1 heteroatoms. The lowest BCUT2D eigenvalue weighted by molar-refractivity contribution is 0.0647. The summed E-state index contributed by atoms with van der Waals surface area (Å²) in [6.07, 6.45) is 25.0. The van der Waals surface area contributed by atoms with Gasteiger partial charge < -0.3 is 0 Å². The molecular weight excluding hydrogens is 338 g/mol. The molecule has 0 aromatic carbocycles. The second-order valence-corrected chi connectivity index (χ2v) is 10.9. The van der Waals surface area contributed by atoms with Gasteiger partial charge >= 0.3 is 0 Å². The van der Waals surface area contributed by atoms with Gasteiger partial charge in [-0.05, 0) is 93.8 Å². The van der Waals surface area contributed by atoms with E-state index in [0.29, 0.717) is 5.92 Å². The van der Waals surface area contributed by atoms with Gasteiger partial charge in [0.1, 0.15) is 0 Å². The molecule has 0 atom stereocenters. The Morgan fingerprint density at radius 3 is 1.79 bits per heavy atom. The van der Waals surface area contributed by atoms with Crippen molar-refractivity contribution in [3.8, 4) is 6.07 Å². The average molecular weight is 386 g/mol. The Kier molecular flexibility index (Phi) is 8.74. The summed E-state index contributed by atoms with van der Waals surface area (Å²) in [6, 6.07) is 2.89. The highest BCUT2D eigenvalue weighted by Gasteiger charge is 2.44. The fraction of sp³-hybridized carbons (Fsp3) is 0.963. The molecule has 0 heterocycles. The molecule has 0 aromatic rings. The molecule has 0 aliphatic heterocycles. The summed E-state index contributed by atoms with van der Waals surface area (Å²) in [5.74, 6) is 4.66. The van der Waals surface area contributed by atoms with Gasteiger partial charge in [-0.2, -0.15) is 5.26 Å². The third-order valence-corrected chi connectivity index (χ3v) is 9.24. The number of unbranched alkanes of at least 4 members (excludes halogenated alkanes) is 2. The first-order valence-electron chi connectivity index (χ1n) is 13.1. The Bertz CT molecular complexity index is 465. The third kappa shape index (κ3) is 5.55. The molecule has 3 aliphatic rings. The molecule has 0 N–H and O–H groups in total. The van der Waals surface area contributed by atoms with Gasteiger partial charge in [-0.25, -0.2) is 0 Å². The Morgan fingerprint density at radius 1 is 0.679 bits per heavy atom. The van der Waals surface area contributed by atoms with Crippen LogP contribution >= 0.6 is 0 Å². The van der Waals surface area contributed by atoms with E-state index >= 15 is 0 Å². The Morgan fingerprint density at radius 2 is 1.25 bits per heavy atom. The molecule has 0 spiro atoms. The minimum Gasteiger partial charge on any atom is -0.198 e. The van der Waals surface area contributed by atoms with Gasteiger partial charge in [0.25, 0.3) is 0 Å². The Labute approximate surface area is 176 Å². The van der Waals surface area contributed by atoms with Crippen molar-refractivity contribution in [2.45, 2.75) is 129 Å². The first kappa shape index (κ1) is 22.2. The number of hydrogen-bond donors (Lipinski definition) is 0. The second kappa shape index (κ2) is 11.0. The topological polar surface area (TPSA) is 23.8 Å². The van der Waals surface area contributed by atoms with E-state index in [1.807, 2.05) is 0 Å². The van der Waals surface area contributed by atoms with E-state index in [0.717, 1.165) is 23.7 Å². The summed E-state index contributed by atoms with van der Waals surface area (Å²) < 4.78 is 0. The van der Waals surface area contributed by atoms with Crippen LogP contribution in [0.15, 0.2) is 0 Å². The van der Waals surface area contributed by atoms with Crippen LogP contribution in [0.4, 0.5) is 0 Å². The molecule has 0 aromatic heterocycles. The molecule has 0 unspecified atom stereocenters. The minimum absolute atomic E-state index is 0.0466. The van der Waals surface area contributed by atoms with Gasteiger partial charge in [-0.3, -0.25) is 0 Å². The standard InChI is InChI=1S/C27H47N/c1-3-5-6-8-23-17-19-27(21-28,20-18-23)26-15-13-25(14-16-26)24-11-9-22(7-4-2)10-12-24/h22-26H,3-20H2,1-2H3. The van der Waals surface area contributed by atoms with E-state index in [2.05, 4.69) is 19.9 Å². The predicted molar refractivity (Wildman–Crippen MR) is 120 cm³/mol. The van der Waals surface area contributed by atoms with E-state index in [9.17, 15) is 5.26 Å². The van der Waals surface area contributed by atoms with Gasteiger partial charge in [-0.15, -0.1) is 0 Å². The predicted octanol–water partition coefficient (Wildman–Crippen LogP) is 8.68. The summed E-state index contributed by atoms with van der Waals surface area (Å²) in [7, 11) is 0. The average Bonchev–Trinajstić information content (AvgIpc) is 2.75. The lowest BCUT2D eigenvalue weighted by Gasteiger charge is -2.45. The smallest absolute Gasteiger partial charge is 0.0692 e. The first-order chi connectivity index (χ1) is 13.7. The zero-order chi connectivity index (χ0) is 19.8. The molecule has 3 rings (SSSR count). The number of nitriles is 1. The van der Waals surface area contributed by atoms with Crippen LogP contribution in [0.25, 0.3) is 0 Å². The van der Waals surface area contributed by atoms with Crippen molar-refractivity contribution < 1.29 is 0 Å². The highest BCUT2D eigenvalue weighted by molar-refractivity contribution is 5.06. The van der Waals surface area contributed by atoms with E-state index in [-0.39, 0.29) is 5.41 Å². The summed E-state index contributed by atoms with van der Waals surface area (Å²) in [6.45, 7) is 4.64. The van der Waals surface area contributed by atoms with Crippen molar-refractivity contribution in [1.82, 2.24) is 0 Å². The van der Waals surface area contributed by atoms with Crippen LogP contribution in [-0.4, -0.2) is 0 Å². The molecule has 3 aliphatic carbocycles. The highest BCUT2D eigenvalue weighted by Crippen LogP contribution is 2.52. The maximum Gasteiger partial charge on any atom is 0.0692 e. The lowest BCUT2D eigenvalue weighted by atomic mass is 9.58. The summed E-state index contributed by atoms with van der Waals surface area (Å²) >= 11 is 0. The molecular formula is C27H47N. The zero-order valence-electron chi connectivity index (χ0n) is 19.1. The van der Waals surface area contributed by atoms with Gasteiger partial charge in [0.05, 0.1) is 11.5 Å². The van der Waals surface area contributed by atoms with Gasteiger partial charge in [-0.1, -0.05) is 65.2 Å². The van der Waals surface area contributed by atoms with Gasteiger partial charge in [0.15, 0.2) is 0 Å². The molecule has 3 saturated carbocycles. The Balaban J connectivity index is 1.43. The lowest BCUT2D eigenvalue weighted by Crippen LogP contribution is -2.37. The molecule has 28 heavy (non-hydrogen) atoms. The van der Waals surface area contributed by atoms with E-state index in [1.165, 1.54) is 116 Å².